The molecule has 2 heterocycles. The molecule has 4 rings (SSSR count). The van der Waals surface area contributed by atoms with Gasteiger partial charge in [0.2, 0.25) is 11.0 Å². The molecule has 0 atom stereocenters. The third kappa shape index (κ3) is 2.96. The van der Waals surface area contributed by atoms with E-state index in [1.54, 1.807) is 0 Å². The molecule has 1 aliphatic carbocycles. The van der Waals surface area contributed by atoms with Gasteiger partial charge < -0.3 is 10.2 Å². The number of carbonyl (C=O) groups excluding carboxylic acids is 1. The lowest BCUT2D eigenvalue weighted by Crippen LogP contribution is -2.30. The molecule has 0 unspecified atom stereocenters. The fourth-order valence-corrected chi connectivity index (χ4v) is 4.23. The lowest BCUT2D eigenvalue weighted by atomic mass is 10.2. The van der Waals surface area contributed by atoms with Crippen molar-refractivity contribution in [1.82, 2.24) is 10.2 Å². The van der Waals surface area contributed by atoms with E-state index in [0.29, 0.717) is 11.8 Å². The summed E-state index contributed by atoms with van der Waals surface area (Å²) >= 11 is 3.00. The molecule has 0 saturated heterocycles. The molecule has 114 valence electrons. The Kier molecular flexibility index (Phi) is 3.75. The highest BCUT2D eigenvalue weighted by atomic mass is 32.2. The van der Waals surface area contributed by atoms with Crippen LogP contribution in [-0.4, -0.2) is 34.4 Å². The van der Waals surface area contributed by atoms with Crippen LogP contribution in [-0.2, 0) is 11.2 Å². The number of nitrogens with one attached hydrogen (secondary N) is 1. The van der Waals surface area contributed by atoms with Crippen LogP contribution in [0.1, 0.15) is 18.4 Å². The van der Waals surface area contributed by atoms with Crippen LogP contribution in [0.25, 0.3) is 0 Å². The number of aromatic nitrogens is 2. The standard InChI is InChI=1S/C15H16N4OS2/c20-13(19-8-7-10-3-1-2-4-12(10)19)9-21-15-18-17-14(22-15)16-11-5-6-11/h1-4,11H,5-9H2,(H,16,17). The molecule has 7 heteroatoms. The lowest BCUT2D eigenvalue weighted by molar-refractivity contribution is -0.116. The zero-order valence-corrected chi connectivity index (χ0v) is 13.6. The highest BCUT2D eigenvalue weighted by Gasteiger charge is 2.25. The summed E-state index contributed by atoms with van der Waals surface area (Å²) in [6.07, 6.45) is 3.38. The first-order valence-corrected chi connectivity index (χ1v) is 9.21. The Hall–Kier alpha value is -1.60. The minimum Gasteiger partial charge on any atom is -0.357 e. The second-order valence-electron chi connectivity index (χ2n) is 5.50. The first-order chi connectivity index (χ1) is 10.8. The maximum absolute atomic E-state index is 12.4. The Balaban J connectivity index is 1.35. The SMILES string of the molecule is O=C(CSc1nnc(NC2CC2)s1)N1CCc2ccccc21. The average Bonchev–Trinajstić information content (AvgIpc) is 3.07. The van der Waals surface area contributed by atoms with Gasteiger partial charge in [-0.15, -0.1) is 10.2 Å². The monoisotopic (exact) mass is 332 g/mol. The maximum atomic E-state index is 12.4. The van der Waals surface area contributed by atoms with Gasteiger partial charge in [-0.3, -0.25) is 4.79 Å². The zero-order chi connectivity index (χ0) is 14.9. The molecule has 0 bridgehead atoms. The number of rotatable bonds is 5. The van der Waals surface area contributed by atoms with Gasteiger partial charge in [0.05, 0.1) is 5.75 Å². The highest BCUT2D eigenvalue weighted by Crippen LogP contribution is 2.32. The van der Waals surface area contributed by atoms with Gasteiger partial charge >= 0.3 is 0 Å². The number of thioether (sulfide) groups is 1. The number of anilines is 2. The van der Waals surface area contributed by atoms with E-state index in [2.05, 4.69) is 21.6 Å². The first kappa shape index (κ1) is 14.0. The van der Waals surface area contributed by atoms with Crippen LogP contribution < -0.4 is 10.2 Å². The van der Waals surface area contributed by atoms with Crippen molar-refractivity contribution < 1.29 is 4.79 Å². The summed E-state index contributed by atoms with van der Waals surface area (Å²) in [6, 6.07) is 8.70. The van der Waals surface area contributed by atoms with E-state index in [9.17, 15) is 4.79 Å². The first-order valence-electron chi connectivity index (χ1n) is 7.41. The zero-order valence-electron chi connectivity index (χ0n) is 12.0. The molecule has 1 amide bonds. The number of hydrogen-bond donors (Lipinski definition) is 1. The van der Waals surface area contributed by atoms with Crippen molar-refractivity contribution in [2.45, 2.75) is 29.6 Å². The summed E-state index contributed by atoms with van der Waals surface area (Å²) in [5.41, 5.74) is 2.31. The molecule has 22 heavy (non-hydrogen) atoms. The van der Waals surface area contributed by atoms with Gasteiger partial charge in [-0.2, -0.15) is 0 Å². The smallest absolute Gasteiger partial charge is 0.237 e. The van der Waals surface area contributed by atoms with E-state index in [1.807, 2.05) is 23.1 Å². The van der Waals surface area contributed by atoms with Crippen molar-refractivity contribution in [2.24, 2.45) is 0 Å². The molecule has 1 saturated carbocycles. The van der Waals surface area contributed by atoms with E-state index in [4.69, 9.17) is 0 Å². The predicted molar refractivity (Wildman–Crippen MR) is 89.8 cm³/mol. The number of carbonyl (C=O) groups is 1. The van der Waals surface area contributed by atoms with Crippen LogP contribution in [0.15, 0.2) is 28.6 Å². The molecular weight excluding hydrogens is 316 g/mol. The Morgan fingerprint density at radius 3 is 3.09 bits per heavy atom. The summed E-state index contributed by atoms with van der Waals surface area (Å²) in [6.45, 7) is 0.781. The normalized spacial score (nSPS) is 16.6. The van der Waals surface area contributed by atoms with Crippen LogP contribution in [0.5, 0.6) is 0 Å². The molecular formula is C15H16N4OS2. The number of amides is 1. The molecule has 2 aliphatic rings. The Labute approximate surface area is 137 Å². The highest BCUT2D eigenvalue weighted by molar-refractivity contribution is 8.01. The second kappa shape index (κ2) is 5.89. The van der Waals surface area contributed by atoms with Crippen LogP contribution in [0.3, 0.4) is 0 Å². The fourth-order valence-electron chi connectivity index (χ4n) is 2.53. The number of benzene rings is 1. The summed E-state index contributed by atoms with van der Waals surface area (Å²) in [5, 5.41) is 12.5. The van der Waals surface area contributed by atoms with Crippen molar-refractivity contribution in [2.75, 3.05) is 22.5 Å². The van der Waals surface area contributed by atoms with Gasteiger partial charge in [0.15, 0.2) is 4.34 Å². The van der Waals surface area contributed by atoms with Gasteiger partial charge in [0.25, 0.3) is 0 Å². The van der Waals surface area contributed by atoms with Crippen molar-refractivity contribution >= 4 is 39.8 Å². The van der Waals surface area contributed by atoms with Gasteiger partial charge in [-0.25, -0.2) is 0 Å². The van der Waals surface area contributed by atoms with E-state index >= 15 is 0 Å². The van der Waals surface area contributed by atoms with Crippen molar-refractivity contribution in [3.8, 4) is 0 Å². The van der Waals surface area contributed by atoms with E-state index < -0.39 is 0 Å². The maximum Gasteiger partial charge on any atom is 0.237 e. The largest absolute Gasteiger partial charge is 0.357 e. The molecule has 0 spiro atoms. The van der Waals surface area contributed by atoms with Crippen LogP contribution in [0, 0.1) is 0 Å². The molecule has 5 nitrogen and oxygen atoms in total. The minimum atomic E-state index is 0.141. The van der Waals surface area contributed by atoms with Crippen molar-refractivity contribution in [1.29, 1.82) is 0 Å². The topological polar surface area (TPSA) is 58.1 Å². The van der Waals surface area contributed by atoms with Crippen LogP contribution in [0.4, 0.5) is 10.8 Å². The van der Waals surface area contributed by atoms with E-state index in [-0.39, 0.29) is 5.91 Å². The molecule has 1 aromatic heterocycles. The Morgan fingerprint density at radius 1 is 1.36 bits per heavy atom. The molecule has 1 aromatic carbocycles. The number of fused-ring (bicyclic) bond motifs is 1. The minimum absolute atomic E-state index is 0.141. The summed E-state index contributed by atoms with van der Waals surface area (Å²) in [5.74, 6) is 0.550. The van der Waals surface area contributed by atoms with E-state index in [0.717, 1.165) is 28.1 Å². The second-order valence-corrected chi connectivity index (χ2v) is 7.70. The number of para-hydroxylation sites is 1. The summed E-state index contributed by atoms with van der Waals surface area (Å²) in [7, 11) is 0. The predicted octanol–water partition coefficient (Wildman–Crippen LogP) is 2.79. The molecule has 1 N–H and O–H groups in total. The van der Waals surface area contributed by atoms with Gasteiger partial charge in [0, 0.05) is 18.3 Å². The third-order valence-electron chi connectivity index (χ3n) is 3.82. The molecule has 1 fully saturated rings. The Morgan fingerprint density at radius 2 is 2.23 bits per heavy atom. The summed E-state index contributed by atoms with van der Waals surface area (Å²) < 4.78 is 0.851. The number of nitrogens with zero attached hydrogens (tertiary/aromatic N) is 3. The third-order valence-corrected chi connectivity index (χ3v) is 5.79. The molecule has 0 radical (unpaired) electrons. The van der Waals surface area contributed by atoms with Crippen LogP contribution in [0.2, 0.25) is 0 Å². The summed E-state index contributed by atoms with van der Waals surface area (Å²) in [4.78, 5) is 14.3. The quantitative estimate of drug-likeness (QED) is 0.853. The van der Waals surface area contributed by atoms with Gasteiger partial charge in [0.1, 0.15) is 0 Å². The fraction of sp³-hybridized carbons (Fsp3) is 0.400. The van der Waals surface area contributed by atoms with E-state index in [1.165, 1.54) is 41.5 Å². The van der Waals surface area contributed by atoms with Gasteiger partial charge in [-0.1, -0.05) is 41.3 Å². The van der Waals surface area contributed by atoms with Gasteiger partial charge in [-0.05, 0) is 30.9 Å². The van der Waals surface area contributed by atoms with Crippen LogP contribution >= 0.6 is 23.1 Å². The average molecular weight is 332 g/mol. The lowest BCUT2D eigenvalue weighted by Gasteiger charge is -2.16. The van der Waals surface area contributed by atoms with Crippen molar-refractivity contribution in [3.05, 3.63) is 29.8 Å². The number of hydrogen-bond acceptors (Lipinski definition) is 6. The molecule has 2 aromatic rings. The molecule has 1 aliphatic heterocycles. The van der Waals surface area contributed by atoms with Crippen molar-refractivity contribution in [3.63, 3.8) is 0 Å². The Bertz CT molecular complexity index is 698.